The maximum atomic E-state index is 12.2. The second kappa shape index (κ2) is 9.11. The van der Waals surface area contributed by atoms with Crippen molar-refractivity contribution in [3.05, 3.63) is 59.7 Å². The summed E-state index contributed by atoms with van der Waals surface area (Å²) in [6, 6.07) is 16.2. The number of likely N-dealkylation sites (N-methyl/N-ethyl adjacent to an activating group) is 1. The molecule has 4 heteroatoms. The SMILES string of the molecule is CCN(CCNC(=O)Nc1ccccc1C(C)C)c1cccc(C)c1. The van der Waals surface area contributed by atoms with Crippen molar-refractivity contribution in [3.8, 4) is 0 Å². The van der Waals surface area contributed by atoms with Crippen LogP contribution in [0.5, 0.6) is 0 Å². The molecule has 0 aliphatic rings. The number of amides is 2. The van der Waals surface area contributed by atoms with Gasteiger partial charge < -0.3 is 15.5 Å². The molecule has 25 heavy (non-hydrogen) atoms. The van der Waals surface area contributed by atoms with Gasteiger partial charge in [-0.05, 0) is 49.1 Å². The summed E-state index contributed by atoms with van der Waals surface area (Å²) in [7, 11) is 0. The van der Waals surface area contributed by atoms with Gasteiger partial charge in [-0.15, -0.1) is 0 Å². The van der Waals surface area contributed by atoms with Crippen LogP contribution in [-0.4, -0.2) is 25.7 Å². The van der Waals surface area contributed by atoms with Gasteiger partial charge in [-0.2, -0.15) is 0 Å². The number of rotatable bonds is 7. The minimum absolute atomic E-state index is 0.159. The van der Waals surface area contributed by atoms with Gasteiger partial charge in [-0.25, -0.2) is 4.79 Å². The number of hydrogen-bond acceptors (Lipinski definition) is 2. The van der Waals surface area contributed by atoms with Gasteiger partial charge in [0.25, 0.3) is 0 Å². The molecule has 0 bridgehead atoms. The lowest BCUT2D eigenvalue weighted by Crippen LogP contribution is -2.37. The van der Waals surface area contributed by atoms with Crippen LogP contribution < -0.4 is 15.5 Å². The zero-order valence-electron chi connectivity index (χ0n) is 15.7. The van der Waals surface area contributed by atoms with Gasteiger partial charge >= 0.3 is 6.03 Å². The highest BCUT2D eigenvalue weighted by Crippen LogP contribution is 2.23. The fraction of sp³-hybridized carbons (Fsp3) is 0.381. The first kappa shape index (κ1) is 18.8. The maximum Gasteiger partial charge on any atom is 0.319 e. The van der Waals surface area contributed by atoms with Crippen LogP contribution >= 0.6 is 0 Å². The molecule has 2 rings (SSSR count). The van der Waals surface area contributed by atoms with Gasteiger partial charge in [0.1, 0.15) is 0 Å². The summed E-state index contributed by atoms with van der Waals surface area (Å²) in [5, 5.41) is 5.92. The van der Waals surface area contributed by atoms with Crippen LogP contribution in [0, 0.1) is 6.92 Å². The minimum atomic E-state index is -0.159. The van der Waals surface area contributed by atoms with Crippen LogP contribution in [0.4, 0.5) is 16.2 Å². The lowest BCUT2D eigenvalue weighted by molar-refractivity contribution is 0.252. The fourth-order valence-corrected chi connectivity index (χ4v) is 2.88. The van der Waals surface area contributed by atoms with Crippen LogP contribution in [0.25, 0.3) is 0 Å². The molecule has 0 unspecified atom stereocenters. The Hall–Kier alpha value is -2.49. The summed E-state index contributed by atoms with van der Waals surface area (Å²) in [6.45, 7) is 10.7. The molecule has 0 atom stereocenters. The summed E-state index contributed by atoms with van der Waals surface area (Å²) in [4.78, 5) is 14.5. The molecule has 0 radical (unpaired) electrons. The van der Waals surface area contributed by atoms with E-state index in [9.17, 15) is 4.79 Å². The van der Waals surface area contributed by atoms with Crippen molar-refractivity contribution in [3.63, 3.8) is 0 Å². The Labute approximate surface area is 151 Å². The molecule has 0 aliphatic heterocycles. The average Bonchev–Trinajstić information content (AvgIpc) is 2.59. The second-order valence-corrected chi connectivity index (χ2v) is 6.54. The van der Waals surface area contributed by atoms with Crippen LogP contribution in [0.2, 0.25) is 0 Å². The first-order chi connectivity index (χ1) is 12.0. The highest BCUT2D eigenvalue weighted by molar-refractivity contribution is 5.90. The average molecular weight is 339 g/mol. The second-order valence-electron chi connectivity index (χ2n) is 6.54. The number of carbonyl (C=O) groups is 1. The Kier molecular flexibility index (Phi) is 6.87. The van der Waals surface area contributed by atoms with Gasteiger partial charge in [-0.1, -0.05) is 44.2 Å². The molecule has 2 amide bonds. The van der Waals surface area contributed by atoms with Gasteiger partial charge in [0.05, 0.1) is 0 Å². The lowest BCUT2D eigenvalue weighted by atomic mass is 10.0. The Balaban J connectivity index is 1.88. The standard InChI is InChI=1S/C21H29N3O/c1-5-24(18-10-8-9-17(4)15-18)14-13-22-21(25)23-20-12-7-6-11-19(20)16(2)3/h6-12,15-16H,5,13-14H2,1-4H3,(H2,22,23,25). The largest absolute Gasteiger partial charge is 0.370 e. The fourth-order valence-electron chi connectivity index (χ4n) is 2.88. The number of anilines is 2. The number of para-hydroxylation sites is 1. The Morgan fingerprint density at radius 2 is 1.88 bits per heavy atom. The smallest absolute Gasteiger partial charge is 0.319 e. The summed E-state index contributed by atoms with van der Waals surface area (Å²) >= 11 is 0. The van der Waals surface area contributed by atoms with E-state index in [4.69, 9.17) is 0 Å². The monoisotopic (exact) mass is 339 g/mol. The van der Waals surface area contributed by atoms with E-state index in [0.29, 0.717) is 12.5 Å². The number of aryl methyl sites for hydroxylation is 1. The number of carbonyl (C=O) groups excluding carboxylic acids is 1. The minimum Gasteiger partial charge on any atom is -0.370 e. The Bertz CT molecular complexity index is 697. The highest BCUT2D eigenvalue weighted by atomic mass is 16.2. The first-order valence-electron chi connectivity index (χ1n) is 8.96. The third-order valence-electron chi connectivity index (χ3n) is 4.25. The Morgan fingerprint density at radius 3 is 2.56 bits per heavy atom. The molecule has 0 saturated heterocycles. The van der Waals surface area contributed by atoms with Crippen molar-refractivity contribution in [1.29, 1.82) is 0 Å². The summed E-state index contributed by atoms with van der Waals surface area (Å²) in [5.74, 6) is 0.369. The Morgan fingerprint density at radius 1 is 1.12 bits per heavy atom. The number of nitrogens with zero attached hydrogens (tertiary/aromatic N) is 1. The molecular weight excluding hydrogens is 310 g/mol. The first-order valence-corrected chi connectivity index (χ1v) is 8.96. The van der Waals surface area contributed by atoms with E-state index in [-0.39, 0.29) is 6.03 Å². The van der Waals surface area contributed by atoms with E-state index >= 15 is 0 Å². The predicted octanol–water partition coefficient (Wildman–Crippen LogP) is 4.77. The van der Waals surface area contributed by atoms with Gasteiger partial charge in [0.15, 0.2) is 0 Å². The van der Waals surface area contributed by atoms with E-state index in [1.54, 1.807) is 0 Å². The normalized spacial score (nSPS) is 10.6. The lowest BCUT2D eigenvalue weighted by Gasteiger charge is -2.23. The molecule has 4 nitrogen and oxygen atoms in total. The van der Waals surface area contributed by atoms with E-state index in [1.807, 2.05) is 18.2 Å². The number of benzene rings is 2. The molecule has 0 aromatic heterocycles. The summed E-state index contributed by atoms with van der Waals surface area (Å²) in [5.41, 5.74) is 4.45. The van der Waals surface area contributed by atoms with Crippen molar-refractivity contribution in [2.24, 2.45) is 0 Å². The molecule has 0 fully saturated rings. The number of urea groups is 1. The van der Waals surface area contributed by atoms with Gasteiger partial charge in [0, 0.05) is 31.0 Å². The molecule has 0 heterocycles. The van der Waals surface area contributed by atoms with Gasteiger partial charge in [-0.3, -0.25) is 0 Å². The van der Waals surface area contributed by atoms with Crippen molar-refractivity contribution in [1.82, 2.24) is 5.32 Å². The maximum absolute atomic E-state index is 12.2. The molecule has 0 spiro atoms. The summed E-state index contributed by atoms with van der Waals surface area (Å²) < 4.78 is 0. The zero-order chi connectivity index (χ0) is 18.2. The molecule has 0 aliphatic carbocycles. The van der Waals surface area contributed by atoms with Gasteiger partial charge in [0.2, 0.25) is 0 Å². The van der Waals surface area contributed by atoms with Crippen molar-refractivity contribution in [2.75, 3.05) is 29.9 Å². The summed E-state index contributed by atoms with van der Waals surface area (Å²) in [6.07, 6.45) is 0. The number of nitrogens with one attached hydrogen (secondary N) is 2. The topological polar surface area (TPSA) is 44.4 Å². The zero-order valence-corrected chi connectivity index (χ0v) is 15.7. The third kappa shape index (κ3) is 5.52. The third-order valence-corrected chi connectivity index (χ3v) is 4.25. The highest BCUT2D eigenvalue weighted by Gasteiger charge is 2.09. The van der Waals surface area contributed by atoms with Crippen LogP contribution in [-0.2, 0) is 0 Å². The molecule has 2 aromatic carbocycles. The molecular formula is C21H29N3O. The van der Waals surface area contributed by atoms with E-state index in [0.717, 1.165) is 24.3 Å². The quantitative estimate of drug-likeness (QED) is 0.763. The van der Waals surface area contributed by atoms with E-state index in [2.05, 4.69) is 73.6 Å². The van der Waals surface area contributed by atoms with Crippen LogP contribution in [0.3, 0.4) is 0 Å². The molecule has 2 N–H and O–H groups in total. The van der Waals surface area contributed by atoms with Crippen molar-refractivity contribution in [2.45, 2.75) is 33.6 Å². The van der Waals surface area contributed by atoms with E-state index in [1.165, 1.54) is 11.3 Å². The predicted molar refractivity (Wildman–Crippen MR) is 107 cm³/mol. The molecule has 134 valence electrons. The van der Waals surface area contributed by atoms with E-state index < -0.39 is 0 Å². The van der Waals surface area contributed by atoms with Crippen molar-refractivity contribution < 1.29 is 4.79 Å². The van der Waals surface area contributed by atoms with Crippen molar-refractivity contribution >= 4 is 17.4 Å². The number of hydrogen-bond donors (Lipinski definition) is 2. The molecule has 2 aromatic rings. The molecule has 0 saturated carbocycles. The van der Waals surface area contributed by atoms with Crippen LogP contribution in [0.1, 0.15) is 37.8 Å². The van der Waals surface area contributed by atoms with Crippen LogP contribution in [0.15, 0.2) is 48.5 Å².